The highest BCUT2D eigenvalue weighted by molar-refractivity contribution is 7.13. The fraction of sp³-hybridized carbons (Fsp3) is 0.176. The summed E-state index contributed by atoms with van der Waals surface area (Å²) >= 11 is 1.42. The van der Waals surface area contributed by atoms with Gasteiger partial charge in [0.05, 0.1) is 0 Å². The zero-order valence-electron chi connectivity index (χ0n) is 12.3. The van der Waals surface area contributed by atoms with Gasteiger partial charge >= 0.3 is 5.97 Å². The van der Waals surface area contributed by atoms with Crippen molar-refractivity contribution < 1.29 is 13.9 Å². The number of hydrogen-bond donors (Lipinski definition) is 0. The van der Waals surface area contributed by atoms with Crippen molar-refractivity contribution in [3.8, 4) is 11.5 Å². The largest absolute Gasteiger partial charge is 0.455 e. The summed E-state index contributed by atoms with van der Waals surface area (Å²) in [4.78, 5) is 18.0. The van der Waals surface area contributed by atoms with Crippen molar-refractivity contribution in [3.63, 3.8) is 0 Å². The molecule has 22 heavy (non-hydrogen) atoms. The van der Waals surface area contributed by atoms with Gasteiger partial charge in [-0.05, 0) is 38.1 Å². The lowest BCUT2D eigenvalue weighted by Crippen LogP contribution is -2.04. The Morgan fingerprint density at radius 1 is 1.18 bits per heavy atom. The van der Waals surface area contributed by atoms with Gasteiger partial charge in [-0.25, -0.2) is 9.78 Å². The second-order valence-electron chi connectivity index (χ2n) is 4.87. The van der Waals surface area contributed by atoms with Crippen LogP contribution in [0.4, 0.5) is 0 Å². The predicted octanol–water partition coefficient (Wildman–Crippen LogP) is 4.38. The summed E-state index contributed by atoms with van der Waals surface area (Å²) in [7, 11) is 0. The number of rotatable bonds is 4. The van der Waals surface area contributed by atoms with Crippen LogP contribution in [0.1, 0.15) is 26.0 Å². The van der Waals surface area contributed by atoms with E-state index in [9.17, 15) is 4.79 Å². The third-order valence-electron chi connectivity index (χ3n) is 3.19. The third-order valence-corrected chi connectivity index (χ3v) is 4.18. The summed E-state index contributed by atoms with van der Waals surface area (Å²) in [5.41, 5.74) is 1.54. The molecule has 0 aliphatic heterocycles. The normalized spacial score (nSPS) is 10.6. The van der Waals surface area contributed by atoms with E-state index in [1.165, 1.54) is 11.3 Å². The van der Waals surface area contributed by atoms with Gasteiger partial charge in [0.1, 0.15) is 22.9 Å². The van der Waals surface area contributed by atoms with Crippen LogP contribution in [-0.4, -0.2) is 11.0 Å². The first-order valence-corrected chi connectivity index (χ1v) is 7.70. The summed E-state index contributed by atoms with van der Waals surface area (Å²) in [5, 5.41) is 0. The molecule has 5 heteroatoms. The highest BCUT2D eigenvalue weighted by atomic mass is 32.1. The van der Waals surface area contributed by atoms with Crippen LogP contribution in [0, 0.1) is 13.8 Å². The summed E-state index contributed by atoms with van der Waals surface area (Å²) in [6.45, 7) is 3.88. The van der Waals surface area contributed by atoms with Crippen LogP contribution in [0.3, 0.4) is 0 Å². The van der Waals surface area contributed by atoms with Crippen LogP contribution in [-0.2, 0) is 11.3 Å². The molecule has 3 aromatic rings. The molecule has 0 saturated carbocycles. The van der Waals surface area contributed by atoms with Crippen LogP contribution in [0.15, 0.2) is 46.9 Å². The van der Waals surface area contributed by atoms with E-state index in [-0.39, 0.29) is 12.6 Å². The Morgan fingerprint density at radius 3 is 2.64 bits per heavy atom. The molecule has 2 heterocycles. The number of ether oxygens (including phenoxy) is 1. The number of thiophene rings is 1. The third kappa shape index (κ3) is 3.09. The van der Waals surface area contributed by atoms with E-state index in [1.807, 2.05) is 50.2 Å². The second-order valence-corrected chi connectivity index (χ2v) is 6.16. The van der Waals surface area contributed by atoms with Gasteiger partial charge in [-0.3, -0.25) is 0 Å². The summed E-state index contributed by atoms with van der Waals surface area (Å²) in [5.74, 6) is 0.867. The Balaban J connectivity index is 1.71. The molecular formula is C17H15NO3S. The van der Waals surface area contributed by atoms with Gasteiger partial charge in [0, 0.05) is 10.4 Å². The fourth-order valence-corrected chi connectivity index (χ4v) is 2.78. The molecule has 0 aliphatic rings. The lowest BCUT2D eigenvalue weighted by Gasteiger charge is -2.00. The maximum atomic E-state index is 11.9. The average Bonchev–Trinajstić information content (AvgIpc) is 3.12. The lowest BCUT2D eigenvalue weighted by atomic mass is 10.2. The zero-order chi connectivity index (χ0) is 15.5. The van der Waals surface area contributed by atoms with Crippen molar-refractivity contribution in [3.05, 3.63) is 63.7 Å². The highest BCUT2D eigenvalue weighted by Crippen LogP contribution is 2.22. The maximum Gasteiger partial charge on any atom is 0.348 e. The summed E-state index contributed by atoms with van der Waals surface area (Å²) in [6, 6.07) is 13.3. The Morgan fingerprint density at radius 2 is 1.95 bits per heavy atom. The minimum Gasteiger partial charge on any atom is -0.455 e. The number of oxazole rings is 1. The first kappa shape index (κ1) is 14.5. The lowest BCUT2D eigenvalue weighted by molar-refractivity contribution is 0.0473. The molecule has 0 radical (unpaired) electrons. The molecule has 0 amide bonds. The van der Waals surface area contributed by atoms with E-state index in [0.29, 0.717) is 22.2 Å². The summed E-state index contributed by atoms with van der Waals surface area (Å²) < 4.78 is 10.9. The zero-order valence-corrected chi connectivity index (χ0v) is 13.1. The van der Waals surface area contributed by atoms with Crippen molar-refractivity contribution in [2.75, 3.05) is 0 Å². The van der Waals surface area contributed by atoms with Gasteiger partial charge < -0.3 is 9.15 Å². The van der Waals surface area contributed by atoms with Crippen molar-refractivity contribution in [2.45, 2.75) is 20.5 Å². The van der Waals surface area contributed by atoms with E-state index in [0.717, 1.165) is 10.4 Å². The van der Waals surface area contributed by atoms with Gasteiger partial charge in [-0.15, -0.1) is 11.3 Å². The van der Waals surface area contributed by atoms with Gasteiger partial charge in [0.2, 0.25) is 5.89 Å². The Kier molecular flexibility index (Phi) is 4.06. The molecule has 0 spiro atoms. The molecule has 4 nitrogen and oxygen atoms in total. The molecule has 3 rings (SSSR count). The molecule has 0 N–H and O–H groups in total. The Hall–Kier alpha value is -2.40. The average molecular weight is 313 g/mol. The number of hydrogen-bond acceptors (Lipinski definition) is 5. The van der Waals surface area contributed by atoms with E-state index >= 15 is 0 Å². The number of aryl methyl sites for hydroxylation is 2. The Labute approximate surface area is 132 Å². The molecule has 0 aliphatic carbocycles. The monoisotopic (exact) mass is 313 g/mol. The fourth-order valence-electron chi connectivity index (χ4n) is 2.02. The molecule has 1 aromatic carbocycles. The Bertz CT molecular complexity index is 789. The van der Waals surface area contributed by atoms with Crippen molar-refractivity contribution >= 4 is 17.3 Å². The molecule has 112 valence electrons. The van der Waals surface area contributed by atoms with Crippen molar-refractivity contribution in [1.29, 1.82) is 0 Å². The van der Waals surface area contributed by atoms with Crippen LogP contribution in [0.5, 0.6) is 0 Å². The minimum absolute atomic E-state index is 0.109. The van der Waals surface area contributed by atoms with Crippen LogP contribution in [0.2, 0.25) is 0 Å². The first-order chi connectivity index (χ1) is 10.6. The number of nitrogens with zero attached hydrogens (tertiary/aromatic N) is 1. The second kappa shape index (κ2) is 6.15. The van der Waals surface area contributed by atoms with Gasteiger partial charge in [-0.2, -0.15) is 0 Å². The first-order valence-electron chi connectivity index (χ1n) is 6.89. The SMILES string of the molecule is Cc1ccc(C(=O)OCc2nc(-c3ccccc3)oc2C)s1. The van der Waals surface area contributed by atoms with Crippen molar-refractivity contribution in [2.24, 2.45) is 0 Å². The summed E-state index contributed by atoms with van der Waals surface area (Å²) in [6.07, 6.45) is 0. The van der Waals surface area contributed by atoms with Gasteiger partial charge in [-0.1, -0.05) is 18.2 Å². The highest BCUT2D eigenvalue weighted by Gasteiger charge is 2.15. The number of carbonyl (C=O) groups is 1. The van der Waals surface area contributed by atoms with Crippen LogP contribution < -0.4 is 0 Å². The molecule has 0 bridgehead atoms. The molecule has 0 atom stereocenters. The molecule has 0 fully saturated rings. The number of benzene rings is 1. The topological polar surface area (TPSA) is 52.3 Å². The van der Waals surface area contributed by atoms with Crippen LogP contribution >= 0.6 is 11.3 Å². The quantitative estimate of drug-likeness (QED) is 0.671. The maximum absolute atomic E-state index is 11.9. The van der Waals surface area contributed by atoms with Crippen LogP contribution in [0.25, 0.3) is 11.5 Å². The smallest absolute Gasteiger partial charge is 0.348 e. The standard InChI is InChI=1S/C17H15NO3S/c1-11-8-9-15(22-11)17(19)20-10-14-12(2)21-16(18-14)13-6-4-3-5-7-13/h3-9H,10H2,1-2H3. The van der Waals surface area contributed by atoms with Crippen molar-refractivity contribution in [1.82, 2.24) is 4.98 Å². The van der Waals surface area contributed by atoms with E-state index < -0.39 is 0 Å². The minimum atomic E-state index is -0.332. The number of esters is 1. The van der Waals surface area contributed by atoms with E-state index in [2.05, 4.69) is 4.98 Å². The molecule has 0 unspecified atom stereocenters. The molecule has 0 saturated heterocycles. The van der Waals surface area contributed by atoms with Gasteiger partial charge in [0.25, 0.3) is 0 Å². The molecular weight excluding hydrogens is 298 g/mol. The van der Waals surface area contributed by atoms with E-state index in [4.69, 9.17) is 9.15 Å². The molecule has 2 aromatic heterocycles. The number of carbonyl (C=O) groups excluding carboxylic acids is 1. The van der Waals surface area contributed by atoms with Gasteiger partial charge in [0.15, 0.2) is 0 Å². The predicted molar refractivity (Wildman–Crippen MR) is 84.9 cm³/mol. The number of aromatic nitrogens is 1. The van der Waals surface area contributed by atoms with E-state index in [1.54, 1.807) is 6.07 Å².